The number of hydrogen-bond acceptors (Lipinski definition) is 0. The second kappa shape index (κ2) is 5.15. The molecule has 1 aromatic carbocycles. The van der Waals surface area contributed by atoms with Crippen LogP contribution < -0.4 is 5.19 Å². The number of rotatable bonds is 4. The summed E-state index contributed by atoms with van der Waals surface area (Å²) in [7, 11) is 1.00. The third-order valence-electron chi connectivity index (χ3n) is 1.91. The fourth-order valence-corrected chi connectivity index (χ4v) is 2.21. The molecule has 2 radical (unpaired) electrons. The van der Waals surface area contributed by atoms with Crippen LogP contribution >= 0.6 is 0 Å². The molecule has 1 rings (SSSR count). The average Bonchev–Trinajstić information content (AvgIpc) is 2.15. The number of benzene rings is 1. The van der Waals surface area contributed by atoms with Crippen LogP contribution in [0.25, 0.3) is 0 Å². The topological polar surface area (TPSA) is 0 Å². The smallest absolute Gasteiger partial charge is 0.0657 e. The highest BCUT2D eigenvalue weighted by atomic mass is 28.2. The van der Waals surface area contributed by atoms with E-state index < -0.39 is 0 Å². The molecule has 1 heteroatoms. The number of hydrogen-bond donors (Lipinski definition) is 0. The Balaban J connectivity index is 2.60. The fourth-order valence-electron chi connectivity index (χ4n) is 1.17. The van der Waals surface area contributed by atoms with Gasteiger partial charge in [0.05, 0.1) is 9.52 Å². The molecule has 64 valence electrons. The van der Waals surface area contributed by atoms with E-state index >= 15 is 0 Å². The van der Waals surface area contributed by atoms with E-state index in [-0.39, 0.29) is 0 Å². The molecule has 12 heavy (non-hydrogen) atoms. The van der Waals surface area contributed by atoms with Crippen molar-refractivity contribution in [1.82, 2.24) is 0 Å². The minimum absolute atomic E-state index is 1.00. The molecule has 0 heterocycles. The lowest BCUT2D eigenvalue weighted by atomic mass is 10.2. The van der Waals surface area contributed by atoms with Gasteiger partial charge in [-0.3, -0.25) is 0 Å². The molecule has 0 bridgehead atoms. The normalized spacial score (nSPS) is 10.2. The summed E-state index contributed by atoms with van der Waals surface area (Å²) >= 11 is 0. The summed E-state index contributed by atoms with van der Waals surface area (Å²) < 4.78 is 0. The van der Waals surface area contributed by atoms with Gasteiger partial charge in [-0.25, -0.2) is 0 Å². The molecule has 0 unspecified atom stereocenters. The first-order chi connectivity index (χ1) is 5.86. The highest BCUT2D eigenvalue weighted by molar-refractivity contribution is 6.53. The molecule has 0 saturated carbocycles. The maximum atomic E-state index is 2.34. The minimum atomic E-state index is 1.00. The first-order valence-corrected chi connectivity index (χ1v) is 5.90. The van der Waals surface area contributed by atoms with Gasteiger partial charge in [0.15, 0.2) is 0 Å². The summed E-state index contributed by atoms with van der Waals surface area (Å²) in [4.78, 5) is 0. The summed E-state index contributed by atoms with van der Waals surface area (Å²) in [6.07, 6.45) is 2.46. The van der Waals surface area contributed by atoms with Crippen LogP contribution in [0.5, 0.6) is 0 Å². The Hall–Kier alpha value is -0.563. The molecule has 0 saturated heterocycles. The van der Waals surface area contributed by atoms with Crippen molar-refractivity contribution < 1.29 is 0 Å². The van der Waals surface area contributed by atoms with Crippen molar-refractivity contribution in [3.63, 3.8) is 0 Å². The van der Waals surface area contributed by atoms with Gasteiger partial charge in [-0.05, 0) is 12.0 Å². The SMILES string of the molecule is CCC[Si]c1cccc(CC)c1. The van der Waals surface area contributed by atoms with Crippen LogP contribution in [0.3, 0.4) is 0 Å². The van der Waals surface area contributed by atoms with Gasteiger partial charge >= 0.3 is 0 Å². The Bertz CT molecular complexity index is 230. The molecule has 0 fully saturated rings. The lowest BCUT2D eigenvalue weighted by Gasteiger charge is -2.00. The van der Waals surface area contributed by atoms with E-state index in [9.17, 15) is 0 Å². The molecule has 0 aliphatic carbocycles. The summed E-state index contributed by atoms with van der Waals surface area (Å²) in [5.74, 6) is 0. The van der Waals surface area contributed by atoms with Crippen LogP contribution in [-0.2, 0) is 6.42 Å². The zero-order valence-corrected chi connectivity index (χ0v) is 8.93. The summed E-state index contributed by atoms with van der Waals surface area (Å²) in [6, 6.07) is 10.3. The highest BCUT2D eigenvalue weighted by Gasteiger charge is 1.94. The zero-order chi connectivity index (χ0) is 8.81. The van der Waals surface area contributed by atoms with Gasteiger partial charge < -0.3 is 0 Å². The third kappa shape index (κ3) is 2.82. The van der Waals surface area contributed by atoms with Crippen LogP contribution in [0.2, 0.25) is 6.04 Å². The van der Waals surface area contributed by atoms with Crippen molar-refractivity contribution in [3.05, 3.63) is 29.8 Å². The first kappa shape index (κ1) is 9.52. The van der Waals surface area contributed by atoms with Crippen molar-refractivity contribution in [3.8, 4) is 0 Å². The van der Waals surface area contributed by atoms with Crippen LogP contribution in [0.4, 0.5) is 0 Å². The fraction of sp³-hybridized carbons (Fsp3) is 0.455. The van der Waals surface area contributed by atoms with E-state index in [4.69, 9.17) is 0 Å². The van der Waals surface area contributed by atoms with Gasteiger partial charge in [-0.1, -0.05) is 55.8 Å². The lowest BCUT2D eigenvalue weighted by Crippen LogP contribution is -2.13. The Morgan fingerprint density at radius 1 is 1.25 bits per heavy atom. The molecule has 0 N–H and O–H groups in total. The maximum Gasteiger partial charge on any atom is 0.0807 e. The van der Waals surface area contributed by atoms with Crippen molar-refractivity contribution in [2.24, 2.45) is 0 Å². The van der Waals surface area contributed by atoms with Crippen LogP contribution in [0.15, 0.2) is 24.3 Å². The lowest BCUT2D eigenvalue weighted by molar-refractivity contribution is 1.08. The molecule has 1 aromatic rings. The molecule has 0 nitrogen and oxygen atoms in total. The Morgan fingerprint density at radius 2 is 2.08 bits per heavy atom. The Morgan fingerprint density at radius 3 is 2.75 bits per heavy atom. The second-order valence-electron chi connectivity index (χ2n) is 2.98. The standard InChI is InChI=1S/C11H16Si/c1-3-8-12-11-7-5-6-10(4-2)9-11/h5-7,9H,3-4,8H2,1-2H3. The van der Waals surface area contributed by atoms with Crippen molar-refractivity contribution in [1.29, 1.82) is 0 Å². The van der Waals surface area contributed by atoms with E-state index in [0.29, 0.717) is 0 Å². The van der Waals surface area contributed by atoms with Gasteiger partial charge in [0.1, 0.15) is 0 Å². The Kier molecular flexibility index (Phi) is 4.09. The summed E-state index contributed by atoms with van der Waals surface area (Å²) in [6.45, 7) is 4.46. The van der Waals surface area contributed by atoms with Crippen molar-refractivity contribution >= 4 is 14.7 Å². The predicted octanol–water partition coefficient (Wildman–Crippen LogP) is 2.41. The van der Waals surface area contributed by atoms with Crippen molar-refractivity contribution in [2.45, 2.75) is 32.7 Å². The number of aryl methyl sites for hydroxylation is 1. The van der Waals surface area contributed by atoms with Gasteiger partial charge in [0.25, 0.3) is 0 Å². The average molecular weight is 176 g/mol. The molecule has 0 spiro atoms. The van der Waals surface area contributed by atoms with Crippen LogP contribution in [0, 0.1) is 0 Å². The zero-order valence-electron chi connectivity index (χ0n) is 7.93. The predicted molar refractivity (Wildman–Crippen MR) is 56.3 cm³/mol. The summed E-state index contributed by atoms with van der Waals surface area (Å²) in [5.41, 5.74) is 1.47. The maximum absolute atomic E-state index is 2.34. The van der Waals surface area contributed by atoms with E-state index in [1.54, 1.807) is 0 Å². The van der Waals surface area contributed by atoms with Gasteiger partial charge in [0.2, 0.25) is 0 Å². The van der Waals surface area contributed by atoms with Gasteiger partial charge in [-0.2, -0.15) is 0 Å². The molecular formula is C11H16Si. The van der Waals surface area contributed by atoms with E-state index in [1.165, 1.54) is 23.2 Å². The van der Waals surface area contributed by atoms with Gasteiger partial charge in [-0.15, -0.1) is 0 Å². The van der Waals surface area contributed by atoms with Crippen molar-refractivity contribution in [2.75, 3.05) is 0 Å². The summed E-state index contributed by atoms with van der Waals surface area (Å²) in [5, 5.41) is 1.52. The largest absolute Gasteiger partial charge is 0.0807 e. The first-order valence-electron chi connectivity index (χ1n) is 4.69. The minimum Gasteiger partial charge on any atom is -0.0657 e. The molecule has 0 aliphatic rings. The van der Waals surface area contributed by atoms with Crippen LogP contribution in [0.1, 0.15) is 25.8 Å². The van der Waals surface area contributed by atoms with Gasteiger partial charge in [0, 0.05) is 0 Å². The monoisotopic (exact) mass is 176 g/mol. The Labute approximate surface area is 77.8 Å². The molecular weight excluding hydrogens is 160 g/mol. The molecule has 0 aromatic heterocycles. The molecule has 0 atom stereocenters. The third-order valence-corrected chi connectivity index (χ3v) is 3.38. The van der Waals surface area contributed by atoms with E-state index in [0.717, 1.165) is 15.9 Å². The van der Waals surface area contributed by atoms with Crippen LogP contribution in [-0.4, -0.2) is 9.52 Å². The molecule has 0 aliphatic heterocycles. The second-order valence-corrected chi connectivity index (χ2v) is 4.41. The quantitative estimate of drug-likeness (QED) is 0.618. The van der Waals surface area contributed by atoms with E-state index in [1.807, 2.05) is 0 Å². The van der Waals surface area contributed by atoms with E-state index in [2.05, 4.69) is 38.1 Å². The highest BCUT2D eigenvalue weighted by Crippen LogP contribution is 1.97. The molecule has 0 amide bonds.